The van der Waals surface area contributed by atoms with E-state index in [0.717, 1.165) is 22.6 Å². The lowest BCUT2D eigenvalue weighted by Gasteiger charge is -2.12. The number of para-hydroxylation sites is 2. The van der Waals surface area contributed by atoms with Crippen molar-refractivity contribution in [3.05, 3.63) is 59.9 Å². The molecule has 19 heavy (non-hydrogen) atoms. The lowest BCUT2D eigenvalue weighted by molar-refractivity contribution is 0.218. The van der Waals surface area contributed by atoms with Crippen LogP contribution in [-0.2, 0) is 0 Å². The van der Waals surface area contributed by atoms with Crippen LogP contribution in [0.25, 0.3) is 11.0 Å². The minimum absolute atomic E-state index is 0.102. The molecule has 0 spiro atoms. The van der Waals surface area contributed by atoms with Gasteiger partial charge in [0.15, 0.2) is 6.10 Å². The van der Waals surface area contributed by atoms with E-state index in [-0.39, 0.29) is 6.10 Å². The number of hydrogen-bond donors (Lipinski definition) is 1. The van der Waals surface area contributed by atoms with E-state index in [4.69, 9.17) is 4.74 Å². The summed E-state index contributed by atoms with van der Waals surface area (Å²) in [6.07, 6.45) is -0.102. The number of aryl methyl sites for hydroxylation is 1. The molecule has 0 bridgehead atoms. The summed E-state index contributed by atoms with van der Waals surface area (Å²) < 4.78 is 5.89. The second-order valence-electron chi connectivity index (χ2n) is 4.71. The van der Waals surface area contributed by atoms with Gasteiger partial charge in [0.1, 0.15) is 11.6 Å². The molecule has 0 radical (unpaired) electrons. The van der Waals surface area contributed by atoms with E-state index in [1.807, 2.05) is 55.5 Å². The maximum Gasteiger partial charge on any atom is 0.153 e. The summed E-state index contributed by atoms with van der Waals surface area (Å²) in [6, 6.07) is 16.0. The molecular weight excluding hydrogens is 236 g/mol. The average Bonchev–Trinajstić information content (AvgIpc) is 2.85. The molecule has 1 N–H and O–H groups in total. The monoisotopic (exact) mass is 252 g/mol. The minimum atomic E-state index is -0.102. The smallest absolute Gasteiger partial charge is 0.153 e. The van der Waals surface area contributed by atoms with Crippen LogP contribution < -0.4 is 4.74 Å². The van der Waals surface area contributed by atoms with Crippen LogP contribution in [0.2, 0.25) is 0 Å². The Morgan fingerprint density at radius 3 is 2.53 bits per heavy atom. The SMILES string of the molecule is Cc1ccc(OC(C)c2nc3ccccc3[nH]2)cc1. The van der Waals surface area contributed by atoms with Crippen molar-refractivity contribution in [2.45, 2.75) is 20.0 Å². The number of ether oxygens (including phenoxy) is 1. The zero-order valence-electron chi connectivity index (χ0n) is 11.1. The minimum Gasteiger partial charge on any atom is -0.483 e. The van der Waals surface area contributed by atoms with Gasteiger partial charge < -0.3 is 9.72 Å². The van der Waals surface area contributed by atoms with Gasteiger partial charge in [-0.05, 0) is 38.1 Å². The number of benzene rings is 2. The molecule has 3 heteroatoms. The number of fused-ring (bicyclic) bond motifs is 1. The van der Waals surface area contributed by atoms with Crippen molar-refractivity contribution in [3.63, 3.8) is 0 Å². The van der Waals surface area contributed by atoms with Gasteiger partial charge in [0.05, 0.1) is 11.0 Å². The van der Waals surface area contributed by atoms with E-state index in [9.17, 15) is 0 Å². The molecule has 0 saturated heterocycles. The number of aromatic amines is 1. The van der Waals surface area contributed by atoms with Crippen LogP contribution in [0, 0.1) is 6.92 Å². The van der Waals surface area contributed by atoms with Gasteiger partial charge in [0.2, 0.25) is 0 Å². The van der Waals surface area contributed by atoms with Crippen LogP contribution in [0.4, 0.5) is 0 Å². The largest absolute Gasteiger partial charge is 0.483 e. The Kier molecular flexibility index (Phi) is 2.95. The van der Waals surface area contributed by atoms with Crippen molar-refractivity contribution < 1.29 is 4.74 Å². The van der Waals surface area contributed by atoms with Gasteiger partial charge >= 0.3 is 0 Å². The first-order valence-electron chi connectivity index (χ1n) is 6.40. The second-order valence-corrected chi connectivity index (χ2v) is 4.71. The zero-order chi connectivity index (χ0) is 13.2. The number of aromatic nitrogens is 2. The molecule has 0 fully saturated rings. The molecule has 3 rings (SSSR count). The van der Waals surface area contributed by atoms with E-state index in [1.165, 1.54) is 5.56 Å². The molecule has 0 aliphatic rings. The van der Waals surface area contributed by atoms with Crippen molar-refractivity contribution in [3.8, 4) is 5.75 Å². The summed E-state index contributed by atoms with van der Waals surface area (Å²) in [4.78, 5) is 7.84. The molecule has 1 aromatic heterocycles. The number of nitrogens with zero attached hydrogens (tertiary/aromatic N) is 1. The average molecular weight is 252 g/mol. The van der Waals surface area contributed by atoms with Crippen LogP contribution >= 0.6 is 0 Å². The Morgan fingerprint density at radius 2 is 1.79 bits per heavy atom. The summed E-state index contributed by atoms with van der Waals surface area (Å²) in [5.41, 5.74) is 3.23. The van der Waals surface area contributed by atoms with E-state index >= 15 is 0 Å². The first kappa shape index (κ1) is 11.8. The highest BCUT2D eigenvalue weighted by Crippen LogP contribution is 2.22. The predicted molar refractivity (Wildman–Crippen MR) is 76.3 cm³/mol. The van der Waals surface area contributed by atoms with E-state index in [0.29, 0.717) is 0 Å². The molecule has 0 aliphatic carbocycles. The lowest BCUT2D eigenvalue weighted by Crippen LogP contribution is -2.04. The van der Waals surface area contributed by atoms with Crippen LogP contribution in [0.5, 0.6) is 5.75 Å². The number of imidazole rings is 1. The summed E-state index contributed by atoms with van der Waals surface area (Å²) in [6.45, 7) is 4.06. The van der Waals surface area contributed by atoms with Gasteiger partial charge in [-0.2, -0.15) is 0 Å². The summed E-state index contributed by atoms with van der Waals surface area (Å²) in [7, 11) is 0. The second kappa shape index (κ2) is 4.76. The maximum atomic E-state index is 5.89. The van der Waals surface area contributed by atoms with Crippen LogP contribution in [0.1, 0.15) is 24.4 Å². The van der Waals surface area contributed by atoms with E-state index < -0.39 is 0 Å². The Bertz CT molecular complexity index is 652. The number of nitrogens with one attached hydrogen (secondary N) is 1. The van der Waals surface area contributed by atoms with Crippen molar-refractivity contribution in [2.75, 3.05) is 0 Å². The summed E-state index contributed by atoms with van der Waals surface area (Å²) in [5, 5.41) is 0. The van der Waals surface area contributed by atoms with Gasteiger partial charge in [-0.25, -0.2) is 4.98 Å². The van der Waals surface area contributed by atoms with Crippen molar-refractivity contribution in [1.29, 1.82) is 0 Å². The van der Waals surface area contributed by atoms with E-state index in [2.05, 4.69) is 16.9 Å². The molecule has 0 saturated carbocycles. The van der Waals surface area contributed by atoms with Crippen molar-refractivity contribution in [2.24, 2.45) is 0 Å². The van der Waals surface area contributed by atoms with Gasteiger partial charge in [-0.1, -0.05) is 29.8 Å². The third-order valence-electron chi connectivity index (χ3n) is 3.13. The molecule has 3 aromatic rings. The fourth-order valence-electron chi connectivity index (χ4n) is 2.04. The highest BCUT2D eigenvalue weighted by molar-refractivity contribution is 5.74. The third-order valence-corrected chi connectivity index (χ3v) is 3.13. The highest BCUT2D eigenvalue weighted by Gasteiger charge is 2.12. The molecule has 0 amide bonds. The Morgan fingerprint density at radius 1 is 1.05 bits per heavy atom. The normalized spacial score (nSPS) is 12.5. The van der Waals surface area contributed by atoms with Gasteiger partial charge in [0, 0.05) is 0 Å². The molecule has 96 valence electrons. The fraction of sp³-hybridized carbons (Fsp3) is 0.188. The Labute approximate surface area is 112 Å². The first-order valence-corrected chi connectivity index (χ1v) is 6.40. The lowest BCUT2D eigenvalue weighted by atomic mass is 10.2. The Balaban J connectivity index is 1.83. The standard InChI is InChI=1S/C16H16N2O/c1-11-7-9-13(10-8-11)19-12(2)16-17-14-5-3-4-6-15(14)18-16/h3-10,12H,1-2H3,(H,17,18). The van der Waals surface area contributed by atoms with Crippen LogP contribution in [-0.4, -0.2) is 9.97 Å². The van der Waals surface area contributed by atoms with Crippen LogP contribution in [0.3, 0.4) is 0 Å². The molecule has 1 unspecified atom stereocenters. The predicted octanol–water partition coefficient (Wildman–Crippen LogP) is 4.01. The maximum absolute atomic E-state index is 5.89. The fourth-order valence-corrected chi connectivity index (χ4v) is 2.04. The van der Waals surface area contributed by atoms with Gasteiger partial charge in [0.25, 0.3) is 0 Å². The molecule has 1 heterocycles. The molecule has 3 nitrogen and oxygen atoms in total. The summed E-state index contributed by atoms with van der Waals surface area (Å²) >= 11 is 0. The zero-order valence-corrected chi connectivity index (χ0v) is 11.1. The number of H-pyrrole nitrogens is 1. The number of rotatable bonds is 3. The third kappa shape index (κ3) is 2.45. The summed E-state index contributed by atoms with van der Waals surface area (Å²) in [5.74, 6) is 1.71. The van der Waals surface area contributed by atoms with Crippen molar-refractivity contribution in [1.82, 2.24) is 9.97 Å². The number of hydrogen-bond acceptors (Lipinski definition) is 2. The topological polar surface area (TPSA) is 37.9 Å². The van der Waals surface area contributed by atoms with Crippen molar-refractivity contribution >= 4 is 11.0 Å². The molecule has 0 aliphatic heterocycles. The van der Waals surface area contributed by atoms with E-state index in [1.54, 1.807) is 0 Å². The van der Waals surface area contributed by atoms with Crippen LogP contribution in [0.15, 0.2) is 48.5 Å². The molecule has 2 aromatic carbocycles. The Hall–Kier alpha value is -2.29. The quantitative estimate of drug-likeness (QED) is 0.764. The first-order chi connectivity index (χ1) is 9.22. The van der Waals surface area contributed by atoms with Gasteiger partial charge in [-0.3, -0.25) is 0 Å². The molecular formula is C16H16N2O. The van der Waals surface area contributed by atoms with Gasteiger partial charge in [-0.15, -0.1) is 0 Å². The highest BCUT2D eigenvalue weighted by atomic mass is 16.5. The molecule has 1 atom stereocenters.